The van der Waals surface area contributed by atoms with Crippen LogP contribution in [0.1, 0.15) is 89.8 Å². The number of nitrogens with zero attached hydrogens (tertiary/aromatic N) is 2. The zero-order chi connectivity index (χ0) is 27.6. The lowest BCUT2D eigenvalue weighted by molar-refractivity contribution is -0.138. The predicted octanol–water partition coefficient (Wildman–Crippen LogP) is 6.74. The minimum atomic E-state index is -0.484. The Morgan fingerprint density at radius 3 is 2.45 bits per heavy atom. The highest BCUT2D eigenvalue weighted by Crippen LogP contribution is 2.49. The molecule has 7 heteroatoms. The van der Waals surface area contributed by atoms with Crippen molar-refractivity contribution in [3.05, 3.63) is 81.0 Å². The molecule has 0 spiro atoms. The van der Waals surface area contributed by atoms with Crippen molar-refractivity contribution in [1.82, 2.24) is 9.80 Å². The van der Waals surface area contributed by atoms with Crippen molar-refractivity contribution in [3.63, 3.8) is 0 Å². The van der Waals surface area contributed by atoms with Crippen LogP contribution in [0.3, 0.4) is 0 Å². The molecule has 2 aromatic carbocycles. The van der Waals surface area contributed by atoms with Crippen LogP contribution in [-0.2, 0) is 17.8 Å². The zero-order valence-corrected chi connectivity index (χ0v) is 24.3. The Bertz CT molecular complexity index is 1360. The van der Waals surface area contributed by atoms with Crippen molar-refractivity contribution in [2.24, 2.45) is 0 Å². The van der Waals surface area contributed by atoms with Gasteiger partial charge in [0.15, 0.2) is 11.5 Å². The number of hydrogen-bond acceptors (Lipinski definition) is 5. The van der Waals surface area contributed by atoms with E-state index in [-0.39, 0.29) is 23.9 Å². The average molecular weight is 559 g/mol. The van der Waals surface area contributed by atoms with E-state index in [0.29, 0.717) is 44.0 Å². The van der Waals surface area contributed by atoms with Crippen molar-refractivity contribution in [3.8, 4) is 11.5 Å². The molecule has 0 bridgehead atoms. The van der Waals surface area contributed by atoms with Crippen LogP contribution in [0.15, 0.2) is 53.9 Å². The van der Waals surface area contributed by atoms with Crippen molar-refractivity contribution in [1.29, 1.82) is 0 Å². The summed E-state index contributed by atoms with van der Waals surface area (Å²) in [5, 5.41) is 2.08. The molecule has 2 atom stereocenters. The topological polar surface area (TPSA) is 59.1 Å². The Morgan fingerprint density at radius 1 is 0.975 bits per heavy atom. The molecule has 1 saturated carbocycles. The van der Waals surface area contributed by atoms with Gasteiger partial charge in [-0.1, -0.05) is 43.5 Å². The molecule has 0 N–H and O–H groups in total. The monoisotopic (exact) mass is 558 g/mol. The van der Waals surface area contributed by atoms with Gasteiger partial charge in [-0.25, -0.2) is 0 Å². The molecule has 1 aromatic heterocycles. The van der Waals surface area contributed by atoms with E-state index in [1.165, 1.54) is 11.3 Å². The summed E-state index contributed by atoms with van der Waals surface area (Å²) in [5.74, 6) is 1.04. The van der Waals surface area contributed by atoms with Gasteiger partial charge in [0.1, 0.15) is 0 Å². The fourth-order valence-corrected chi connectivity index (χ4v) is 7.57. The third-order valence-electron chi connectivity index (χ3n) is 8.66. The second-order valence-electron chi connectivity index (χ2n) is 11.0. The standard InChI is InChI=1S/C33H38N2O4S/c1-3-38-28-19-22-16-17-34-31(27(22)20-29(28)39-4-2)30(25-14-8-9-15-26(25)32(34)36)33(37)35(21-24-13-10-18-40-24)23-11-6-5-7-12-23/h8-10,13-15,18-20,23,30-31H,3-7,11-12,16-17,21H2,1-2H3/t30-,31+/m0/s1. The first-order chi connectivity index (χ1) is 19.6. The van der Waals surface area contributed by atoms with E-state index in [1.54, 1.807) is 11.3 Å². The molecule has 3 aromatic rings. The maximum Gasteiger partial charge on any atom is 0.254 e. The molecule has 3 heterocycles. The van der Waals surface area contributed by atoms with Gasteiger partial charge in [-0.3, -0.25) is 9.59 Å². The lowest BCUT2D eigenvalue weighted by atomic mass is 9.75. The Balaban J connectivity index is 1.49. The number of thiophene rings is 1. The fourth-order valence-electron chi connectivity index (χ4n) is 6.87. The van der Waals surface area contributed by atoms with Gasteiger partial charge in [0.05, 0.1) is 31.7 Å². The largest absolute Gasteiger partial charge is 0.490 e. The molecular weight excluding hydrogens is 520 g/mol. The van der Waals surface area contributed by atoms with E-state index in [2.05, 4.69) is 28.5 Å². The molecule has 6 nitrogen and oxygen atoms in total. The van der Waals surface area contributed by atoms with Crippen LogP contribution in [0.2, 0.25) is 0 Å². The molecule has 0 unspecified atom stereocenters. The van der Waals surface area contributed by atoms with Crippen LogP contribution in [0, 0.1) is 0 Å². The minimum absolute atomic E-state index is 0.00428. The number of carbonyl (C=O) groups excluding carboxylic acids is 2. The van der Waals surface area contributed by atoms with Crippen LogP contribution in [-0.4, -0.2) is 47.4 Å². The summed E-state index contributed by atoms with van der Waals surface area (Å²) in [7, 11) is 0. The van der Waals surface area contributed by atoms with E-state index in [9.17, 15) is 9.59 Å². The Labute approximate surface area is 240 Å². The molecule has 1 aliphatic carbocycles. The summed E-state index contributed by atoms with van der Waals surface area (Å²) in [5.41, 5.74) is 3.61. The molecule has 40 heavy (non-hydrogen) atoms. The molecule has 0 radical (unpaired) electrons. The third kappa shape index (κ3) is 4.89. The van der Waals surface area contributed by atoms with Crippen LogP contribution in [0.25, 0.3) is 0 Å². The van der Waals surface area contributed by atoms with Crippen molar-refractivity contribution >= 4 is 23.2 Å². The zero-order valence-electron chi connectivity index (χ0n) is 23.4. The quantitative estimate of drug-likeness (QED) is 0.307. The Hall–Kier alpha value is -3.32. The Kier molecular flexibility index (Phi) is 7.83. The third-order valence-corrected chi connectivity index (χ3v) is 9.52. The number of ether oxygens (including phenoxy) is 2. The SMILES string of the molecule is CCOc1cc2c(cc1OCC)[C@@H]1[C@@H](C(=O)N(Cc3cccs3)C3CCCCC3)c3ccccc3C(=O)N1CC2. The number of carbonyl (C=O) groups is 2. The van der Waals surface area contributed by atoms with Gasteiger partial charge in [-0.05, 0) is 79.4 Å². The first-order valence-electron chi connectivity index (χ1n) is 14.8. The van der Waals surface area contributed by atoms with Gasteiger partial charge < -0.3 is 19.3 Å². The van der Waals surface area contributed by atoms with Gasteiger partial charge in [-0.15, -0.1) is 11.3 Å². The highest BCUT2D eigenvalue weighted by molar-refractivity contribution is 7.09. The summed E-state index contributed by atoms with van der Waals surface area (Å²) in [6, 6.07) is 15.8. The lowest BCUT2D eigenvalue weighted by Crippen LogP contribution is -2.52. The van der Waals surface area contributed by atoms with E-state index >= 15 is 0 Å². The van der Waals surface area contributed by atoms with E-state index in [1.807, 2.05) is 49.1 Å². The maximum absolute atomic E-state index is 15.0. The van der Waals surface area contributed by atoms with E-state index < -0.39 is 5.92 Å². The van der Waals surface area contributed by atoms with Gasteiger partial charge in [0, 0.05) is 23.0 Å². The van der Waals surface area contributed by atoms with Crippen molar-refractivity contribution < 1.29 is 19.1 Å². The smallest absolute Gasteiger partial charge is 0.254 e. The molecule has 210 valence electrons. The van der Waals surface area contributed by atoms with Crippen LogP contribution in [0.4, 0.5) is 0 Å². The van der Waals surface area contributed by atoms with Gasteiger partial charge in [0.2, 0.25) is 5.91 Å². The molecule has 6 rings (SSSR count). The molecule has 2 aliphatic heterocycles. The molecule has 3 aliphatic rings. The number of rotatable bonds is 8. The average Bonchev–Trinajstić information content (AvgIpc) is 3.50. The number of hydrogen-bond donors (Lipinski definition) is 0. The fraction of sp³-hybridized carbons (Fsp3) is 0.455. The number of benzene rings is 2. The molecular formula is C33H38N2O4S. The molecule has 0 saturated heterocycles. The normalized spacial score (nSPS) is 20.4. The second-order valence-corrected chi connectivity index (χ2v) is 12.0. The van der Waals surface area contributed by atoms with Crippen molar-refractivity contribution in [2.45, 2.75) is 76.9 Å². The summed E-state index contributed by atoms with van der Waals surface area (Å²) in [4.78, 5) is 34.1. The van der Waals surface area contributed by atoms with E-state index in [0.717, 1.165) is 48.1 Å². The van der Waals surface area contributed by atoms with Gasteiger partial charge in [0.25, 0.3) is 5.91 Å². The van der Waals surface area contributed by atoms with Crippen LogP contribution < -0.4 is 9.47 Å². The number of fused-ring (bicyclic) bond motifs is 4. The highest BCUT2D eigenvalue weighted by Gasteiger charge is 2.48. The van der Waals surface area contributed by atoms with Crippen molar-refractivity contribution in [2.75, 3.05) is 19.8 Å². The summed E-state index contributed by atoms with van der Waals surface area (Å²) in [6.45, 7) is 6.16. The maximum atomic E-state index is 15.0. The first kappa shape index (κ1) is 26.9. The van der Waals surface area contributed by atoms with Crippen LogP contribution in [0.5, 0.6) is 11.5 Å². The van der Waals surface area contributed by atoms with Gasteiger partial charge in [-0.2, -0.15) is 0 Å². The minimum Gasteiger partial charge on any atom is -0.490 e. The summed E-state index contributed by atoms with van der Waals surface area (Å²) >= 11 is 1.70. The second kappa shape index (κ2) is 11.7. The summed E-state index contributed by atoms with van der Waals surface area (Å²) in [6.07, 6.45) is 6.30. The lowest BCUT2D eigenvalue weighted by Gasteiger charge is -2.47. The van der Waals surface area contributed by atoms with Gasteiger partial charge >= 0.3 is 0 Å². The predicted molar refractivity (Wildman–Crippen MR) is 157 cm³/mol. The Morgan fingerprint density at radius 2 is 1.73 bits per heavy atom. The highest BCUT2D eigenvalue weighted by atomic mass is 32.1. The molecule has 2 amide bonds. The molecule has 1 fully saturated rings. The van der Waals surface area contributed by atoms with E-state index in [4.69, 9.17) is 9.47 Å². The summed E-state index contributed by atoms with van der Waals surface area (Å²) < 4.78 is 12.0. The van der Waals surface area contributed by atoms with Crippen LogP contribution >= 0.6 is 11.3 Å². The first-order valence-corrected chi connectivity index (χ1v) is 15.6. The number of amides is 2.